The highest BCUT2D eigenvalue weighted by atomic mass is 16.5. The lowest BCUT2D eigenvalue weighted by Crippen LogP contribution is -2.36. The molecule has 0 radical (unpaired) electrons. The fourth-order valence-corrected chi connectivity index (χ4v) is 4.05. The Balaban J connectivity index is 1.37. The van der Waals surface area contributed by atoms with Crippen molar-refractivity contribution < 1.29 is 9.53 Å². The second kappa shape index (κ2) is 6.16. The van der Waals surface area contributed by atoms with Crippen molar-refractivity contribution in [2.45, 2.75) is 63.6 Å². The first kappa shape index (κ1) is 15.6. The number of hydrogen-bond acceptors (Lipinski definition) is 4. The van der Waals surface area contributed by atoms with Crippen molar-refractivity contribution >= 4 is 11.6 Å². The van der Waals surface area contributed by atoms with Crippen LogP contribution in [0.2, 0.25) is 0 Å². The fourth-order valence-electron chi connectivity index (χ4n) is 4.05. The maximum atomic E-state index is 12.4. The van der Waals surface area contributed by atoms with Gasteiger partial charge in [-0.05, 0) is 44.7 Å². The minimum Gasteiger partial charge on any atom is -0.370 e. The molecule has 6 heteroatoms. The Labute approximate surface area is 141 Å². The van der Waals surface area contributed by atoms with Crippen molar-refractivity contribution in [3.8, 4) is 0 Å². The number of aromatic nitrogens is 3. The first-order valence-electron chi connectivity index (χ1n) is 8.93. The van der Waals surface area contributed by atoms with Gasteiger partial charge in [0, 0.05) is 12.7 Å². The average Bonchev–Trinajstić information content (AvgIpc) is 3.17. The van der Waals surface area contributed by atoms with Gasteiger partial charge in [-0.15, -0.1) is 10.2 Å². The van der Waals surface area contributed by atoms with Crippen LogP contribution in [0.25, 0.3) is 5.65 Å². The van der Waals surface area contributed by atoms with E-state index in [1.54, 1.807) is 12.3 Å². The number of carbonyl (C=O) groups excluding carboxylic acids is 1. The number of nitrogens with one attached hydrogen (secondary N) is 1. The maximum absolute atomic E-state index is 12.4. The number of nitrogens with zero attached hydrogens (tertiary/aromatic N) is 3. The molecule has 1 saturated heterocycles. The summed E-state index contributed by atoms with van der Waals surface area (Å²) in [5, 5.41) is 11.1. The standard InChI is InChI=1S/C18H24N4O2/c1-13-20-21-16-6-5-14(12-22(13)16)17(23)19-11-15-7-10-18(24-15)8-3-2-4-9-18/h5-6,12,15H,2-4,7-11H2,1H3,(H,19,23)/t15-/m1/s1. The molecular formula is C18H24N4O2. The van der Waals surface area contributed by atoms with E-state index in [2.05, 4.69) is 15.5 Å². The Hall–Kier alpha value is -1.95. The summed E-state index contributed by atoms with van der Waals surface area (Å²) >= 11 is 0. The average molecular weight is 328 g/mol. The molecule has 1 saturated carbocycles. The Morgan fingerprint density at radius 3 is 2.96 bits per heavy atom. The van der Waals surface area contributed by atoms with E-state index in [0.29, 0.717) is 12.1 Å². The van der Waals surface area contributed by atoms with E-state index in [4.69, 9.17) is 4.74 Å². The third-order valence-electron chi connectivity index (χ3n) is 5.43. The van der Waals surface area contributed by atoms with Crippen LogP contribution in [0, 0.1) is 6.92 Å². The van der Waals surface area contributed by atoms with Crippen molar-refractivity contribution in [2.24, 2.45) is 0 Å². The molecular weight excluding hydrogens is 304 g/mol. The van der Waals surface area contributed by atoms with Crippen LogP contribution in [-0.4, -0.2) is 38.8 Å². The number of carbonyl (C=O) groups is 1. The molecule has 2 aliphatic rings. The maximum Gasteiger partial charge on any atom is 0.252 e. The van der Waals surface area contributed by atoms with Crippen LogP contribution >= 0.6 is 0 Å². The van der Waals surface area contributed by atoms with Gasteiger partial charge in [0.05, 0.1) is 17.3 Å². The quantitative estimate of drug-likeness (QED) is 0.940. The molecule has 1 atom stereocenters. The molecule has 0 bridgehead atoms. The molecule has 0 aromatic carbocycles. The summed E-state index contributed by atoms with van der Waals surface area (Å²) in [4.78, 5) is 12.4. The largest absolute Gasteiger partial charge is 0.370 e. The van der Waals surface area contributed by atoms with Crippen LogP contribution in [0.5, 0.6) is 0 Å². The number of amides is 1. The van der Waals surface area contributed by atoms with Crippen LogP contribution in [0.3, 0.4) is 0 Å². The van der Waals surface area contributed by atoms with Crippen LogP contribution in [-0.2, 0) is 4.74 Å². The lowest BCUT2D eigenvalue weighted by Gasteiger charge is -2.33. The summed E-state index contributed by atoms with van der Waals surface area (Å²) in [6.45, 7) is 2.46. The Bertz CT molecular complexity index is 749. The molecule has 1 spiro atoms. The van der Waals surface area contributed by atoms with Gasteiger partial charge in [0.15, 0.2) is 5.65 Å². The number of hydrogen-bond donors (Lipinski definition) is 1. The van der Waals surface area contributed by atoms with Gasteiger partial charge in [-0.3, -0.25) is 9.20 Å². The summed E-state index contributed by atoms with van der Waals surface area (Å²) in [6, 6.07) is 3.61. The first-order valence-corrected chi connectivity index (χ1v) is 8.93. The highest BCUT2D eigenvalue weighted by molar-refractivity contribution is 5.94. The third kappa shape index (κ3) is 2.90. The molecule has 1 amide bonds. The zero-order valence-electron chi connectivity index (χ0n) is 14.1. The second-order valence-electron chi connectivity index (χ2n) is 7.13. The molecule has 0 unspecified atom stereocenters. The predicted molar refractivity (Wildman–Crippen MR) is 90.0 cm³/mol. The Morgan fingerprint density at radius 2 is 2.12 bits per heavy atom. The van der Waals surface area contributed by atoms with Crippen molar-refractivity contribution in [2.75, 3.05) is 6.54 Å². The minimum absolute atomic E-state index is 0.0711. The molecule has 2 aromatic heterocycles. The van der Waals surface area contributed by atoms with Gasteiger partial charge in [0.25, 0.3) is 5.91 Å². The zero-order valence-corrected chi connectivity index (χ0v) is 14.1. The van der Waals surface area contributed by atoms with Crippen molar-refractivity contribution in [1.29, 1.82) is 0 Å². The molecule has 2 fully saturated rings. The number of aryl methyl sites for hydroxylation is 1. The normalized spacial score (nSPS) is 23.0. The van der Waals surface area contributed by atoms with Gasteiger partial charge >= 0.3 is 0 Å². The van der Waals surface area contributed by atoms with Crippen molar-refractivity contribution in [1.82, 2.24) is 19.9 Å². The molecule has 24 heavy (non-hydrogen) atoms. The van der Waals surface area contributed by atoms with Gasteiger partial charge in [0.2, 0.25) is 0 Å². The van der Waals surface area contributed by atoms with Crippen LogP contribution in [0.4, 0.5) is 0 Å². The predicted octanol–water partition coefficient (Wildman–Crippen LogP) is 2.65. The topological polar surface area (TPSA) is 68.5 Å². The van der Waals surface area contributed by atoms with E-state index in [1.165, 1.54) is 32.1 Å². The zero-order chi connectivity index (χ0) is 16.6. The molecule has 128 valence electrons. The molecule has 6 nitrogen and oxygen atoms in total. The molecule has 3 heterocycles. The van der Waals surface area contributed by atoms with E-state index in [9.17, 15) is 4.79 Å². The van der Waals surface area contributed by atoms with E-state index in [1.807, 2.05) is 17.4 Å². The summed E-state index contributed by atoms with van der Waals surface area (Å²) < 4.78 is 8.14. The van der Waals surface area contributed by atoms with Crippen LogP contribution in [0.15, 0.2) is 18.3 Å². The van der Waals surface area contributed by atoms with Gasteiger partial charge < -0.3 is 10.1 Å². The smallest absolute Gasteiger partial charge is 0.252 e. The first-order chi connectivity index (χ1) is 11.7. The van der Waals surface area contributed by atoms with Gasteiger partial charge in [-0.2, -0.15) is 0 Å². The van der Waals surface area contributed by atoms with Crippen LogP contribution < -0.4 is 5.32 Å². The number of rotatable bonds is 3. The molecule has 1 aliphatic carbocycles. The molecule has 4 rings (SSSR count). The monoisotopic (exact) mass is 328 g/mol. The Morgan fingerprint density at radius 1 is 1.29 bits per heavy atom. The van der Waals surface area contributed by atoms with Crippen molar-refractivity contribution in [3.05, 3.63) is 29.7 Å². The van der Waals surface area contributed by atoms with E-state index in [0.717, 1.165) is 24.3 Å². The number of fused-ring (bicyclic) bond motifs is 1. The number of pyridine rings is 1. The molecule has 1 aliphatic heterocycles. The number of ether oxygens (including phenoxy) is 1. The van der Waals surface area contributed by atoms with E-state index in [-0.39, 0.29) is 17.6 Å². The van der Waals surface area contributed by atoms with Crippen LogP contribution in [0.1, 0.15) is 61.1 Å². The minimum atomic E-state index is -0.0711. The third-order valence-corrected chi connectivity index (χ3v) is 5.43. The SMILES string of the molecule is Cc1nnc2ccc(C(=O)NC[C@H]3CCC4(CCCCC4)O3)cn12. The van der Waals surface area contributed by atoms with Gasteiger partial charge in [-0.25, -0.2) is 0 Å². The van der Waals surface area contributed by atoms with Gasteiger partial charge in [-0.1, -0.05) is 19.3 Å². The van der Waals surface area contributed by atoms with Gasteiger partial charge in [0.1, 0.15) is 5.82 Å². The summed E-state index contributed by atoms with van der Waals surface area (Å²) in [6.07, 6.45) is 10.4. The van der Waals surface area contributed by atoms with Crippen molar-refractivity contribution in [3.63, 3.8) is 0 Å². The highest BCUT2D eigenvalue weighted by Crippen LogP contribution is 2.41. The summed E-state index contributed by atoms with van der Waals surface area (Å²) in [7, 11) is 0. The van der Waals surface area contributed by atoms with E-state index < -0.39 is 0 Å². The Kier molecular flexibility index (Phi) is 4.00. The second-order valence-corrected chi connectivity index (χ2v) is 7.13. The summed E-state index contributed by atoms with van der Waals surface area (Å²) in [5.74, 6) is 0.705. The fraction of sp³-hybridized carbons (Fsp3) is 0.611. The lowest BCUT2D eigenvalue weighted by atomic mass is 9.83. The molecule has 1 N–H and O–H groups in total. The summed E-state index contributed by atoms with van der Waals surface area (Å²) in [5.41, 5.74) is 1.48. The highest BCUT2D eigenvalue weighted by Gasteiger charge is 2.40. The van der Waals surface area contributed by atoms with E-state index >= 15 is 0 Å². The molecule has 2 aromatic rings. The lowest BCUT2D eigenvalue weighted by molar-refractivity contribution is -0.0618.